The van der Waals surface area contributed by atoms with Gasteiger partial charge in [-0.2, -0.15) is 5.10 Å². The van der Waals surface area contributed by atoms with Gasteiger partial charge in [0.05, 0.1) is 6.04 Å². The first kappa shape index (κ1) is 15.0. The van der Waals surface area contributed by atoms with E-state index in [0.29, 0.717) is 18.2 Å². The summed E-state index contributed by atoms with van der Waals surface area (Å²) in [5.41, 5.74) is 0.0951. The van der Waals surface area contributed by atoms with E-state index in [1.54, 1.807) is 6.07 Å². The van der Waals surface area contributed by atoms with Gasteiger partial charge in [-0.05, 0) is 38.7 Å². The van der Waals surface area contributed by atoms with Crippen LogP contribution in [0.2, 0.25) is 0 Å². The fraction of sp³-hybridized carbons (Fsp3) is 0.733. The van der Waals surface area contributed by atoms with E-state index < -0.39 is 0 Å². The predicted octanol–water partition coefficient (Wildman–Crippen LogP) is 2.28. The van der Waals surface area contributed by atoms with Crippen molar-refractivity contribution in [3.63, 3.8) is 0 Å². The summed E-state index contributed by atoms with van der Waals surface area (Å²) >= 11 is 0. The van der Waals surface area contributed by atoms with Crippen LogP contribution in [-0.2, 0) is 0 Å². The summed E-state index contributed by atoms with van der Waals surface area (Å²) in [6.45, 7) is 4.03. The van der Waals surface area contributed by atoms with E-state index in [0.717, 1.165) is 19.3 Å². The lowest BCUT2D eigenvalue weighted by Gasteiger charge is -2.28. The van der Waals surface area contributed by atoms with Crippen molar-refractivity contribution in [1.29, 1.82) is 0 Å². The van der Waals surface area contributed by atoms with Crippen molar-refractivity contribution in [3.8, 4) is 0 Å². The van der Waals surface area contributed by atoms with Crippen LogP contribution in [0.5, 0.6) is 0 Å². The Morgan fingerprint density at radius 1 is 1.55 bits per heavy atom. The molecule has 5 nitrogen and oxygen atoms in total. The second kappa shape index (κ2) is 6.39. The van der Waals surface area contributed by atoms with Gasteiger partial charge < -0.3 is 10.4 Å². The molecule has 2 N–H and O–H groups in total. The maximum Gasteiger partial charge on any atom is 0.272 e. The predicted molar refractivity (Wildman–Crippen MR) is 77.6 cm³/mol. The molecule has 0 aliphatic heterocycles. The van der Waals surface area contributed by atoms with Crippen molar-refractivity contribution >= 4 is 5.91 Å². The minimum atomic E-state index is -0.372. The quantitative estimate of drug-likeness (QED) is 0.839. The zero-order chi connectivity index (χ0) is 14.6. The lowest BCUT2D eigenvalue weighted by Crippen LogP contribution is -2.46. The van der Waals surface area contributed by atoms with Gasteiger partial charge in [0.2, 0.25) is 0 Å². The van der Waals surface area contributed by atoms with Gasteiger partial charge in [0.1, 0.15) is 5.69 Å². The number of aromatic nitrogens is 2. The molecule has 1 unspecified atom stereocenters. The van der Waals surface area contributed by atoms with E-state index >= 15 is 0 Å². The molecule has 1 aliphatic carbocycles. The van der Waals surface area contributed by atoms with Gasteiger partial charge in [0.15, 0.2) is 0 Å². The molecule has 1 heterocycles. The number of nitrogens with one attached hydrogen (secondary N) is 1. The van der Waals surface area contributed by atoms with Crippen LogP contribution in [0, 0.1) is 0 Å². The molecule has 1 amide bonds. The van der Waals surface area contributed by atoms with Crippen LogP contribution < -0.4 is 5.32 Å². The first-order chi connectivity index (χ1) is 9.58. The summed E-state index contributed by atoms with van der Waals surface area (Å²) in [7, 11) is 0. The Hall–Kier alpha value is -1.36. The monoisotopic (exact) mass is 279 g/mol. The molecule has 5 heteroatoms. The highest BCUT2D eigenvalue weighted by atomic mass is 16.3. The standard InChI is InChI=1S/C15H25N3O2/c1-3-15(2,9-11-19)16-14(20)13-8-10-18(17-13)12-6-4-5-7-12/h8,10,12,19H,3-7,9,11H2,1-2H3,(H,16,20). The third kappa shape index (κ3) is 3.39. The second-order valence-corrected chi connectivity index (χ2v) is 5.96. The Labute approximate surface area is 120 Å². The molecule has 1 aliphatic rings. The van der Waals surface area contributed by atoms with Crippen LogP contribution in [-0.4, -0.2) is 32.9 Å². The van der Waals surface area contributed by atoms with E-state index in [9.17, 15) is 4.79 Å². The molecular formula is C15H25N3O2. The number of hydrogen-bond acceptors (Lipinski definition) is 3. The first-order valence-electron chi connectivity index (χ1n) is 7.56. The molecule has 1 fully saturated rings. The third-order valence-corrected chi connectivity index (χ3v) is 4.40. The molecule has 1 saturated carbocycles. The van der Waals surface area contributed by atoms with Crippen LogP contribution in [0.1, 0.15) is 68.9 Å². The molecule has 0 bridgehead atoms. The molecule has 0 saturated heterocycles. The molecule has 2 rings (SSSR count). The molecular weight excluding hydrogens is 254 g/mol. The number of carbonyl (C=O) groups excluding carboxylic acids is 1. The third-order valence-electron chi connectivity index (χ3n) is 4.40. The number of aliphatic hydroxyl groups excluding tert-OH is 1. The van der Waals surface area contributed by atoms with Crippen molar-refractivity contribution in [3.05, 3.63) is 18.0 Å². The van der Waals surface area contributed by atoms with Crippen LogP contribution in [0.4, 0.5) is 0 Å². The van der Waals surface area contributed by atoms with Crippen LogP contribution in [0.3, 0.4) is 0 Å². The summed E-state index contributed by atoms with van der Waals surface area (Å²) in [4.78, 5) is 12.3. The zero-order valence-corrected chi connectivity index (χ0v) is 12.4. The first-order valence-corrected chi connectivity index (χ1v) is 7.56. The van der Waals surface area contributed by atoms with Gasteiger partial charge in [0.25, 0.3) is 5.91 Å². The van der Waals surface area contributed by atoms with Crippen molar-refractivity contribution in [1.82, 2.24) is 15.1 Å². The van der Waals surface area contributed by atoms with Crippen molar-refractivity contribution in [2.75, 3.05) is 6.61 Å². The number of carbonyl (C=O) groups is 1. The summed E-state index contributed by atoms with van der Waals surface area (Å²) in [5.74, 6) is -0.153. The number of amides is 1. The topological polar surface area (TPSA) is 67.2 Å². The molecule has 112 valence electrons. The Bertz CT molecular complexity index is 452. The van der Waals surface area contributed by atoms with E-state index in [2.05, 4.69) is 10.4 Å². The highest BCUT2D eigenvalue weighted by molar-refractivity contribution is 5.92. The Morgan fingerprint density at radius 3 is 2.85 bits per heavy atom. The summed E-state index contributed by atoms with van der Waals surface area (Å²) in [6, 6.07) is 2.23. The van der Waals surface area contributed by atoms with Gasteiger partial charge >= 0.3 is 0 Å². The molecule has 1 atom stereocenters. The number of hydrogen-bond donors (Lipinski definition) is 2. The van der Waals surface area contributed by atoms with Crippen molar-refractivity contribution in [2.24, 2.45) is 0 Å². The normalized spacial score (nSPS) is 18.9. The lowest BCUT2D eigenvalue weighted by atomic mass is 9.95. The van der Waals surface area contributed by atoms with Gasteiger partial charge in [-0.3, -0.25) is 9.48 Å². The smallest absolute Gasteiger partial charge is 0.272 e. The van der Waals surface area contributed by atoms with Gasteiger partial charge in [-0.15, -0.1) is 0 Å². The van der Waals surface area contributed by atoms with Crippen LogP contribution in [0.15, 0.2) is 12.3 Å². The SMILES string of the molecule is CCC(C)(CCO)NC(=O)c1ccn(C2CCCC2)n1. The fourth-order valence-corrected chi connectivity index (χ4v) is 2.74. The van der Waals surface area contributed by atoms with E-state index in [4.69, 9.17) is 5.11 Å². The lowest BCUT2D eigenvalue weighted by molar-refractivity contribution is 0.0880. The number of aliphatic hydroxyl groups is 1. The minimum Gasteiger partial charge on any atom is -0.396 e. The van der Waals surface area contributed by atoms with Gasteiger partial charge in [0, 0.05) is 18.3 Å². The van der Waals surface area contributed by atoms with Crippen LogP contribution in [0.25, 0.3) is 0 Å². The molecule has 0 radical (unpaired) electrons. The van der Waals surface area contributed by atoms with Gasteiger partial charge in [-0.25, -0.2) is 0 Å². The molecule has 0 aromatic carbocycles. The number of rotatable bonds is 6. The van der Waals surface area contributed by atoms with Crippen molar-refractivity contribution < 1.29 is 9.90 Å². The number of nitrogens with zero attached hydrogens (tertiary/aromatic N) is 2. The highest BCUT2D eigenvalue weighted by Crippen LogP contribution is 2.28. The zero-order valence-electron chi connectivity index (χ0n) is 12.4. The largest absolute Gasteiger partial charge is 0.396 e. The second-order valence-electron chi connectivity index (χ2n) is 5.96. The van der Waals surface area contributed by atoms with Crippen molar-refractivity contribution in [2.45, 2.75) is 64.0 Å². The molecule has 1 aromatic heterocycles. The average molecular weight is 279 g/mol. The highest BCUT2D eigenvalue weighted by Gasteiger charge is 2.26. The van der Waals surface area contributed by atoms with Crippen LogP contribution >= 0.6 is 0 Å². The Morgan fingerprint density at radius 2 is 2.25 bits per heavy atom. The molecule has 20 heavy (non-hydrogen) atoms. The Kier molecular flexibility index (Phi) is 4.81. The Balaban J connectivity index is 2.02. The summed E-state index contributed by atoms with van der Waals surface area (Å²) < 4.78 is 1.93. The van der Waals surface area contributed by atoms with E-state index in [-0.39, 0.29) is 18.1 Å². The molecule has 1 aromatic rings. The fourth-order valence-electron chi connectivity index (χ4n) is 2.74. The molecule has 0 spiro atoms. The average Bonchev–Trinajstić information content (AvgIpc) is 3.09. The van der Waals surface area contributed by atoms with E-state index in [1.807, 2.05) is 24.7 Å². The van der Waals surface area contributed by atoms with Gasteiger partial charge in [-0.1, -0.05) is 19.8 Å². The minimum absolute atomic E-state index is 0.0706. The maximum atomic E-state index is 12.3. The summed E-state index contributed by atoms with van der Waals surface area (Å²) in [6.07, 6.45) is 8.04. The maximum absolute atomic E-state index is 12.3. The summed E-state index contributed by atoms with van der Waals surface area (Å²) in [5, 5.41) is 16.5. The van der Waals surface area contributed by atoms with E-state index in [1.165, 1.54) is 12.8 Å².